The van der Waals surface area contributed by atoms with Gasteiger partial charge in [-0.2, -0.15) is 0 Å². The molecule has 0 aliphatic carbocycles. The molecule has 29 heavy (non-hydrogen) atoms. The number of amides is 2. The second kappa shape index (κ2) is 9.97. The predicted molar refractivity (Wildman–Crippen MR) is 104 cm³/mol. The van der Waals surface area contributed by atoms with E-state index in [0.717, 1.165) is 16.7 Å². The van der Waals surface area contributed by atoms with E-state index in [2.05, 4.69) is 4.74 Å². The van der Waals surface area contributed by atoms with Gasteiger partial charge < -0.3 is 18.9 Å². The minimum absolute atomic E-state index is 0.160. The Hall–Kier alpha value is -3.01. The minimum Gasteiger partial charge on any atom is -0.493 e. The van der Waals surface area contributed by atoms with Crippen LogP contribution >= 0.6 is 11.8 Å². The van der Waals surface area contributed by atoms with E-state index < -0.39 is 29.1 Å². The van der Waals surface area contributed by atoms with Gasteiger partial charge >= 0.3 is 11.9 Å². The highest BCUT2D eigenvalue weighted by Gasteiger charge is 2.41. The molecule has 1 saturated heterocycles. The lowest BCUT2D eigenvalue weighted by Gasteiger charge is -2.18. The van der Waals surface area contributed by atoms with Crippen molar-refractivity contribution < 1.29 is 38.1 Å². The fourth-order valence-corrected chi connectivity index (χ4v) is 3.38. The van der Waals surface area contributed by atoms with Gasteiger partial charge in [-0.25, -0.2) is 9.59 Å². The molecule has 2 amide bonds. The molecule has 0 bridgehead atoms. The molecule has 1 aliphatic heterocycles. The first-order valence-electron chi connectivity index (χ1n) is 8.63. The number of hydrogen-bond acceptors (Lipinski definition) is 9. The number of rotatable bonds is 8. The molecule has 1 aromatic carbocycles. The summed E-state index contributed by atoms with van der Waals surface area (Å²) in [4.78, 5) is 48.8. The van der Waals surface area contributed by atoms with E-state index in [0.29, 0.717) is 17.1 Å². The van der Waals surface area contributed by atoms with Gasteiger partial charge in [0.15, 0.2) is 18.1 Å². The normalized spacial score (nSPS) is 16.0. The summed E-state index contributed by atoms with van der Waals surface area (Å²) < 4.78 is 20.0. The average Bonchev–Trinajstić information content (AvgIpc) is 2.98. The number of benzene rings is 1. The number of carbonyl (C=O) groups excluding carboxylic acids is 4. The first kappa shape index (κ1) is 22.3. The van der Waals surface area contributed by atoms with Crippen LogP contribution < -0.4 is 9.47 Å². The first-order chi connectivity index (χ1) is 13.8. The molecule has 10 heteroatoms. The molecule has 0 unspecified atom stereocenters. The maximum Gasteiger partial charge on any atom is 0.344 e. The van der Waals surface area contributed by atoms with E-state index in [1.54, 1.807) is 25.1 Å². The van der Waals surface area contributed by atoms with Crippen molar-refractivity contribution in [3.63, 3.8) is 0 Å². The number of hydrogen-bond donors (Lipinski definition) is 0. The number of ether oxygens (including phenoxy) is 4. The largest absolute Gasteiger partial charge is 0.493 e. The molecule has 9 nitrogen and oxygen atoms in total. The number of thioether (sulfide) groups is 1. The van der Waals surface area contributed by atoms with Crippen molar-refractivity contribution in [2.24, 2.45) is 0 Å². The van der Waals surface area contributed by atoms with Crippen LogP contribution in [0, 0.1) is 0 Å². The molecule has 0 N–H and O–H groups in total. The average molecular weight is 423 g/mol. The third kappa shape index (κ3) is 5.29. The van der Waals surface area contributed by atoms with Crippen molar-refractivity contribution in [3.05, 3.63) is 28.7 Å². The van der Waals surface area contributed by atoms with E-state index in [-0.39, 0.29) is 18.1 Å². The van der Waals surface area contributed by atoms with Crippen LogP contribution in [0.2, 0.25) is 0 Å². The molecule has 1 aliphatic rings. The fourth-order valence-electron chi connectivity index (χ4n) is 2.47. The summed E-state index contributed by atoms with van der Waals surface area (Å²) in [5.41, 5.74) is 0.571. The van der Waals surface area contributed by atoms with Gasteiger partial charge in [-0.05, 0) is 49.4 Å². The zero-order valence-electron chi connectivity index (χ0n) is 16.4. The lowest BCUT2D eigenvalue weighted by Crippen LogP contribution is -2.42. The van der Waals surface area contributed by atoms with Gasteiger partial charge in [0, 0.05) is 0 Å². The summed E-state index contributed by atoms with van der Waals surface area (Å²) in [5, 5.41) is -0.555. The van der Waals surface area contributed by atoms with Crippen molar-refractivity contribution in [3.8, 4) is 11.5 Å². The summed E-state index contributed by atoms with van der Waals surface area (Å²) in [5.74, 6) is -1.11. The second-order valence-corrected chi connectivity index (χ2v) is 6.75. The predicted octanol–water partition coefficient (Wildman–Crippen LogP) is 2.23. The third-order valence-electron chi connectivity index (χ3n) is 3.89. The topological polar surface area (TPSA) is 108 Å². The van der Waals surface area contributed by atoms with Crippen LogP contribution in [0.25, 0.3) is 6.08 Å². The van der Waals surface area contributed by atoms with Gasteiger partial charge in [0.25, 0.3) is 11.1 Å². The summed E-state index contributed by atoms with van der Waals surface area (Å²) in [7, 11) is 2.62. The zero-order valence-corrected chi connectivity index (χ0v) is 17.2. The van der Waals surface area contributed by atoms with Gasteiger partial charge in [-0.15, -0.1) is 0 Å². The van der Waals surface area contributed by atoms with Gasteiger partial charge in [0.1, 0.15) is 6.04 Å². The highest BCUT2D eigenvalue weighted by molar-refractivity contribution is 8.18. The third-order valence-corrected chi connectivity index (χ3v) is 4.77. The SMILES string of the molecule is CCOC(=O)COc1ccc(/C=C2/SC(=O)N([C@H](C)C(=O)OC)C2=O)cc1OC. The monoisotopic (exact) mass is 423 g/mol. The molecule has 1 atom stereocenters. The molecule has 0 spiro atoms. The van der Waals surface area contributed by atoms with Crippen LogP contribution in [0.1, 0.15) is 19.4 Å². The lowest BCUT2D eigenvalue weighted by molar-refractivity contribution is -0.148. The van der Waals surface area contributed by atoms with Crippen LogP contribution in [0.3, 0.4) is 0 Å². The zero-order chi connectivity index (χ0) is 21.6. The van der Waals surface area contributed by atoms with Crippen molar-refractivity contribution in [2.45, 2.75) is 19.9 Å². The van der Waals surface area contributed by atoms with Gasteiger partial charge in [-0.1, -0.05) is 6.07 Å². The van der Waals surface area contributed by atoms with Crippen molar-refractivity contribution in [2.75, 3.05) is 27.4 Å². The van der Waals surface area contributed by atoms with Gasteiger partial charge in [0.05, 0.1) is 25.7 Å². The highest BCUT2D eigenvalue weighted by Crippen LogP contribution is 2.35. The van der Waals surface area contributed by atoms with E-state index in [4.69, 9.17) is 14.2 Å². The van der Waals surface area contributed by atoms with Crippen LogP contribution in [-0.4, -0.2) is 61.5 Å². The second-order valence-electron chi connectivity index (χ2n) is 5.75. The summed E-state index contributed by atoms with van der Waals surface area (Å²) >= 11 is 0.728. The fraction of sp³-hybridized carbons (Fsp3) is 0.368. The lowest BCUT2D eigenvalue weighted by atomic mass is 10.1. The van der Waals surface area contributed by atoms with Crippen LogP contribution in [-0.2, 0) is 23.9 Å². The Bertz CT molecular complexity index is 851. The minimum atomic E-state index is -1.02. The van der Waals surface area contributed by atoms with E-state index >= 15 is 0 Å². The van der Waals surface area contributed by atoms with Crippen molar-refractivity contribution in [1.82, 2.24) is 4.90 Å². The summed E-state index contributed by atoms with van der Waals surface area (Å²) in [6, 6.07) is 3.79. The number of esters is 2. The maximum absolute atomic E-state index is 12.5. The molecule has 0 saturated carbocycles. The maximum atomic E-state index is 12.5. The number of methoxy groups -OCH3 is 2. The molecular weight excluding hydrogens is 402 g/mol. The van der Waals surface area contributed by atoms with Crippen molar-refractivity contribution >= 4 is 40.9 Å². The molecule has 1 heterocycles. The molecule has 2 rings (SSSR count). The number of nitrogens with zero attached hydrogens (tertiary/aromatic N) is 1. The Morgan fingerprint density at radius 2 is 1.93 bits per heavy atom. The summed E-state index contributed by atoms with van der Waals surface area (Å²) in [6.07, 6.45) is 1.51. The standard InChI is InChI=1S/C19H21NO8S/c1-5-27-16(21)10-28-13-7-6-12(8-14(13)25-3)9-15-17(22)20(19(24)29-15)11(2)18(23)26-4/h6-9,11H,5,10H2,1-4H3/b15-9+/t11-/m1/s1. The smallest absolute Gasteiger partial charge is 0.344 e. The van der Waals surface area contributed by atoms with Crippen LogP contribution in [0.4, 0.5) is 4.79 Å². The van der Waals surface area contributed by atoms with Gasteiger partial charge in [0.2, 0.25) is 0 Å². The molecular formula is C19H21NO8S. The molecule has 1 fully saturated rings. The number of carbonyl (C=O) groups is 4. The highest BCUT2D eigenvalue weighted by atomic mass is 32.2. The molecule has 0 radical (unpaired) electrons. The summed E-state index contributed by atoms with van der Waals surface area (Å²) in [6.45, 7) is 3.10. The molecule has 156 valence electrons. The number of imide groups is 1. The Kier molecular flexibility index (Phi) is 7.66. The van der Waals surface area contributed by atoms with E-state index in [1.165, 1.54) is 27.2 Å². The Balaban J connectivity index is 2.19. The van der Waals surface area contributed by atoms with E-state index in [9.17, 15) is 19.2 Å². The Morgan fingerprint density at radius 1 is 1.21 bits per heavy atom. The Labute approximate surface area is 171 Å². The molecule has 1 aromatic rings. The molecule has 0 aromatic heterocycles. The quantitative estimate of drug-likeness (QED) is 0.459. The van der Waals surface area contributed by atoms with Crippen molar-refractivity contribution in [1.29, 1.82) is 0 Å². The van der Waals surface area contributed by atoms with Crippen LogP contribution in [0.5, 0.6) is 11.5 Å². The Morgan fingerprint density at radius 3 is 2.55 bits per heavy atom. The van der Waals surface area contributed by atoms with Crippen LogP contribution in [0.15, 0.2) is 23.1 Å². The van der Waals surface area contributed by atoms with Gasteiger partial charge in [-0.3, -0.25) is 14.5 Å². The van der Waals surface area contributed by atoms with E-state index in [1.807, 2.05) is 0 Å². The first-order valence-corrected chi connectivity index (χ1v) is 9.45.